The molecule has 2 heterocycles. The van der Waals surface area contributed by atoms with Gasteiger partial charge in [-0.2, -0.15) is 10.1 Å². The van der Waals surface area contributed by atoms with Gasteiger partial charge in [0.25, 0.3) is 0 Å². The van der Waals surface area contributed by atoms with E-state index in [-0.39, 0.29) is 5.91 Å². The maximum Gasteiger partial charge on any atom is 0.247 e. The van der Waals surface area contributed by atoms with E-state index in [1.807, 2.05) is 47.3 Å². The number of nitrogens with zero attached hydrogens (tertiary/aromatic N) is 4. The predicted octanol–water partition coefficient (Wildman–Crippen LogP) is 4.46. The second-order valence-corrected chi connectivity index (χ2v) is 7.09. The molecule has 2 aromatic heterocycles. The minimum absolute atomic E-state index is 0.278. The van der Waals surface area contributed by atoms with E-state index in [2.05, 4.69) is 37.6 Å². The highest BCUT2D eigenvalue weighted by atomic mass is 35.5. The highest BCUT2D eigenvalue weighted by molar-refractivity contribution is 6.31. The number of hydrogen-bond acceptors (Lipinski definition) is 6. The van der Waals surface area contributed by atoms with Crippen molar-refractivity contribution in [2.75, 3.05) is 22.5 Å². The number of aromatic nitrogens is 4. The van der Waals surface area contributed by atoms with Crippen molar-refractivity contribution >= 4 is 51.6 Å². The fourth-order valence-corrected chi connectivity index (χ4v) is 3.17. The van der Waals surface area contributed by atoms with Crippen molar-refractivity contribution in [1.82, 2.24) is 19.7 Å². The summed E-state index contributed by atoms with van der Waals surface area (Å²) in [5, 5.41) is 14.8. The Kier molecular flexibility index (Phi) is 6.09. The van der Waals surface area contributed by atoms with E-state index in [0.29, 0.717) is 35.6 Å². The predicted molar refractivity (Wildman–Crippen MR) is 124 cm³/mol. The van der Waals surface area contributed by atoms with E-state index in [1.54, 1.807) is 18.3 Å². The van der Waals surface area contributed by atoms with Crippen LogP contribution < -0.4 is 16.0 Å². The number of fused-ring (bicyclic) bond motifs is 1. The Hall–Kier alpha value is -3.91. The molecule has 0 saturated heterocycles. The Morgan fingerprint density at radius 3 is 2.81 bits per heavy atom. The first-order valence-electron chi connectivity index (χ1n) is 9.60. The summed E-state index contributed by atoms with van der Waals surface area (Å²) in [6, 6.07) is 14.7. The first kappa shape index (κ1) is 20.4. The molecule has 0 unspecified atom stereocenters. The SMILES string of the molecule is C=CC(=O)Nc1cccc(Nc2nc(NCCn3cccn3)nc3ccc(Cl)cc23)c1. The normalized spacial score (nSPS) is 10.6. The number of carbonyl (C=O) groups excluding carboxylic acids is 1. The molecule has 0 spiro atoms. The second-order valence-electron chi connectivity index (χ2n) is 6.65. The molecule has 0 atom stereocenters. The third-order valence-electron chi connectivity index (χ3n) is 4.42. The third kappa shape index (κ3) is 5.18. The topological polar surface area (TPSA) is 96.8 Å². The molecule has 2 aromatic carbocycles. The Morgan fingerprint density at radius 1 is 1.13 bits per heavy atom. The van der Waals surface area contributed by atoms with Gasteiger partial charge in [-0.25, -0.2) is 4.98 Å². The maximum atomic E-state index is 11.6. The third-order valence-corrected chi connectivity index (χ3v) is 4.65. The van der Waals surface area contributed by atoms with Crippen LogP contribution in [0.5, 0.6) is 0 Å². The Morgan fingerprint density at radius 2 is 2.00 bits per heavy atom. The summed E-state index contributed by atoms with van der Waals surface area (Å²) in [5.74, 6) is 0.807. The molecule has 0 radical (unpaired) electrons. The average Bonchev–Trinajstić information content (AvgIpc) is 3.28. The molecule has 0 aliphatic heterocycles. The van der Waals surface area contributed by atoms with Gasteiger partial charge in [0.15, 0.2) is 0 Å². The maximum absolute atomic E-state index is 11.6. The molecule has 0 aliphatic carbocycles. The van der Waals surface area contributed by atoms with Crippen LogP contribution in [-0.4, -0.2) is 32.2 Å². The molecule has 4 aromatic rings. The highest BCUT2D eigenvalue weighted by Crippen LogP contribution is 2.28. The number of rotatable bonds is 8. The number of carbonyl (C=O) groups is 1. The van der Waals surface area contributed by atoms with Crippen LogP contribution in [0, 0.1) is 0 Å². The Balaban J connectivity index is 1.60. The summed E-state index contributed by atoms with van der Waals surface area (Å²) in [7, 11) is 0. The van der Waals surface area contributed by atoms with Crippen LogP contribution in [0.25, 0.3) is 10.9 Å². The lowest BCUT2D eigenvalue weighted by atomic mass is 10.2. The van der Waals surface area contributed by atoms with E-state index in [1.165, 1.54) is 6.08 Å². The van der Waals surface area contributed by atoms with Crippen LogP contribution in [0.4, 0.5) is 23.1 Å². The zero-order valence-corrected chi connectivity index (χ0v) is 17.3. The van der Waals surface area contributed by atoms with Crippen molar-refractivity contribution < 1.29 is 4.79 Å². The van der Waals surface area contributed by atoms with Crippen molar-refractivity contribution in [2.45, 2.75) is 6.54 Å². The average molecular weight is 434 g/mol. The molecule has 0 aliphatic rings. The summed E-state index contributed by atoms with van der Waals surface area (Å²) in [6.07, 6.45) is 4.86. The van der Waals surface area contributed by atoms with Gasteiger partial charge in [-0.1, -0.05) is 24.2 Å². The molecule has 156 valence electrons. The van der Waals surface area contributed by atoms with Crippen LogP contribution in [-0.2, 0) is 11.3 Å². The number of nitrogens with one attached hydrogen (secondary N) is 3. The fourth-order valence-electron chi connectivity index (χ4n) is 2.99. The number of amides is 1. The van der Waals surface area contributed by atoms with Crippen LogP contribution in [0.1, 0.15) is 0 Å². The number of benzene rings is 2. The first-order valence-corrected chi connectivity index (χ1v) is 9.97. The van der Waals surface area contributed by atoms with Gasteiger partial charge in [0, 0.05) is 40.7 Å². The second kappa shape index (κ2) is 9.27. The fraction of sp³-hybridized carbons (Fsp3) is 0.0909. The molecule has 9 heteroatoms. The van der Waals surface area contributed by atoms with E-state index in [9.17, 15) is 4.79 Å². The molecular weight excluding hydrogens is 414 g/mol. The monoisotopic (exact) mass is 433 g/mol. The van der Waals surface area contributed by atoms with E-state index < -0.39 is 0 Å². The summed E-state index contributed by atoms with van der Waals surface area (Å²) in [6.45, 7) is 4.77. The molecule has 3 N–H and O–H groups in total. The molecule has 8 nitrogen and oxygen atoms in total. The lowest BCUT2D eigenvalue weighted by molar-refractivity contribution is -0.111. The van der Waals surface area contributed by atoms with E-state index in [0.717, 1.165) is 16.6 Å². The van der Waals surface area contributed by atoms with Gasteiger partial charge in [0.1, 0.15) is 5.82 Å². The van der Waals surface area contributed by atoms with Gasteiger partial charge in [-0.05, 0) is 48.5 Å². The lowest BCUT2D eigenvalue weighted by Crippen LogP contribution is -2.13. The van der Waals surface area contributed by atoms with Gasteiger partial charge in [-0.15, -0.1) is 0 Å². The minimum atomic E-state index is -0.278. The standard InChI is InChI=1S/C22H20ClN7O/c1-2-20(31)26-16-5-3-6-17(14-16)27-21-18-13-15(23)7-8-19(18)28-22(29-21)24-10-12-30-11-4-9-25-30/h2-9,11,13-14H,1,10,12H2,(H,26,31)(H2,24,27,28,29). The molecule has 0 bridgehead atoms. The quantitative estimate of drug-likeness (QED) is 0.355. The lowest BCUT2D eigenvalue weighted by Gasteiger charge is -2.13. The van der Waals surface area contributed by atoms with Crippen LogP contribution in [0.2, 0.25) is 5.02 Å². The largest absolute Gasteiger partial charge is 0.352 e. The Bertz CT molecular complexity index is 1220. The molecule has 4 rings (SSSR count). The van der Waals surface area contributed by atoms with Gasteiger partial charge in [0.05, 0.1) is 12.1 Å². The van der Waals surface area contributed by atoms with Crippen molar-refractivity contribution in [3.8, 4) is 0 Å². The van der Waals surface area contributed by atoms with E-state index >= 15 is 0 Å². The summed E-state index contributed by atoms with van der Waals surface area (Å²) in [5.41, 5.74) is 2.15. The number of hydrogen-bond donors (Lipinski definition) is 3. The smallest absolute Gasteiger partial charge is 0.247 e. The van der Waals surface area contributed by atoms with Crippen molar-refractivity contribution in [2.24, 2.45) is 0 Å². The zero-order chi connectivity index (χ0) is 21.6. The van der Waals surface area contributed by atoms with Crippen molar-refractivity contribution in [3.63, 3.8) is 0 Å². The Labute approximate surface area is 184 Å². The van der Waals surface area contributed by atoms with Gasteiger partial charge in [0.2, 0.25) is 11.9 Å². The first-order chi connectivity index (χ1) is 15.1. The van der Waals surface area contributed by atoms with E-state index in [4.69, 9.17) is 11.6 Å². The van der Waals surface area contributed by atoms with Gasteiger partial charge < -0.3 is 16.0 Å². The highest BCUT2D eigenvalue weighted by Gasteiger charge is 2.10. The number of halogens is 1. The van der Waals surface area contributed by atoms with Gasteiger partial charge >= 0.3 is 0 Å². The van der Waals surface area contributed by atoms with Crippen LogP contribution >= 0.6 is 11.6 Å². The summed E-state index contributed by atoms with van der Waals surface area (Å²) >= 11 is 6.21. The molecule has 1 amide bonds. The van der Waals surface area contributed by atoms with Crippen LogP contribution in [0.3, 0.4) is 0 Å². The van der Waals surface area contributed by atoms with Crippen LogP contribution in [0.15, 0.2) is 73.6 Å². The number of anilines is 4. The molecule has 0 saturated carbocycles. The molecular formula is C22H20ClN7O. The zero-order valence-electron chi connectivity index (χ0n) is 16.5. The minimum Gasteiger partial charge on any atom is -0.352 e. The summed E-state index contributed by atoms with van der Waals surface area (Å²) in [4.78, 5) is 20.8. The van der Waals surface area contributed by atoms with Crippen molar-refractivity contribution in [3.05, 3.63) is 78.6 Å². The van der Waals surface area contributed by atoms with Crippen molar-refractivity contribution in [1.29, 1.82) is 0 Å². The molecule has 31 heavy (non-hydrogen) atoms. The summed E-state index contributed by atoms with van der Waals surface area (Å²) < 4.78 is 1.83. The van der Waals surface area contributed by atoms with Gasteiger partial charge in [-0.3, -0.25) is 9.48 Å². The molecule has 0 fully saturated rings.